The predicted octanol–water partition coefficient (Wildman–Crippen LogP) is 2.99. The summed E-state index contributed by atoms with van der Waals surface area (Å²) in [6.07, 6.45) is 2.09. The molecule has 1 fully saturated rings. The topological polar surface area (TPSA) is 85.5 Å². The summed E-state index contributed by atoms with van der Waals surface area (Å²) < 4.78 is 10.5. The summed E-state index contributed by atoms with van der Waals surface area (Å²) in [5, 5.41) is 4.44. The van der Waals surface area contributed by atoms with Crippen LogP contribution in [0.4, 0.5) is 0 Å². The molecule has 0 aromatic carbocycles. The van der Waals surface area contributed by atoms with E-state index in [2.05, 4.69) is 16.7 Å². The van der Waals surface area contributed by atoms with Gasteiger partial charge in [0.2, 0.25) is 0 Å². The van der Waals surface area contributed by atoms with Gasteiger partial charge in [0.05, 0.1) is 16.6 Å². The second-order valence-corrected chi connectivity index (χ2v) is 6.76. The number of amides is 1. The van der Waals surface area contributed by atoms with Crippen molar-refractivity contribution in [2.45, 2.75) is 39.5 Å². The number of pyridine rings is 1. The van der Waals surface area contributed by atoms with Crippen molar-refractivity contribution in [3.63, 3.8) is 0 Å². The van der Waals surface area contributed by atoms with Crippen LogP contribution in [-0.4, -0.2) is 46.6 Å². The molecule has 138 valence electrons. The smallest absolute Gasteiger partial charge is 0.339 e. The van der Waals surface area contributed by atoms with E-state index in [-0.39, 0.29) is 12.5 Å². The van der Waals surface area contributed by atoms with E-state index in [1.54, 1.807) is 17.9 Å². The molecule has 0 spiro atoms. The molecule has 1 amide bonds. The van der Waals surface area contributed by atoms with E-state index < -0.39 is 5.97 Å². The van der Waals surface area contributed by atoms with Crippen molar-refractivity contribution in [2.75, 3.05) is 19.7 Å². The van der Waals surface area contributed by atoms with Crippen LogP contribution in [0.15, 0.2) is 22.7 Å². The first-order chi connectivity index (χ1) is 12.4. The number of aryl methyl sites for hydroxylation is 1. The Morgan fingerprint density at radius 1 is 1.42 bits per heavy atom. The minimum absolute atomic E-state index is 0.251. The van der Waals surface area contributed by atoms with Crippen LogP contribution in [0, 0.1) is 6.92 Å². The highest BCUT2D eigenvalue weighted by molar-refractivity contribution is 6.03. The van der Waals surface area contributed by atoms with E-state index in [0.29, 0.717) is 41.4 Å². The SMILES string of the molecule is C=C(C)CN(CC)C(=O)COC(=O)c1cc(C2CC2)nc2onc(C)c12. The Kier molecular flexibility index (Phi) is 5.06. The van der Waals surface area contributed by atoms with Crippen LogP contribution < -0.4 is 0 Å². The van der Waals surface area contributed by atoms with Gasteiger partial charge in [-0.15, -0.1) is 0 Å². The summed E-state index contributed by atoms with van der Waals surface area (Å²) in [6.45, 7) is 9.95. The average molecular weight is 357 g/mol. The van der Waals surface area contributed by atoms with Crippen molar-refractivity contribution in [3.05, 3.63) is 35.2 Å². The molecule has 0 unspecified atom stereocenters. The zero-order valence-electron chi connectivity index (χ0n) is 15.4. The Morgan fingerprint density at radius 3 is 2.77 bits per heavy atom. The van der Waals surface area contributed by atoms with Crippen molar-refractivity contribution in [1.29, 1.82) is 0 Å². The maximum Gasteiger partial charge on any atom is 0.339 e. The molecule has 0 bridgehead atoms. The summed E-state index contributed by atoms with van der Waals surface area (Å²) >= 11 is 0. The molecule has 2 heterocycles. The third kappa shape index (κ3) is 3.76. The van der Waals surface area contributed by atoms with E-state index in [9.17, 15) is 9.59 Å². The highest BCUT2D eigenvalue weighted by Gasteiger charge is 2.29. The first kappa shape index (κ1) is 18.1. The van der Waals surface area contributed by atoms with Crippen LogP contribution in [-0.2, 0) is 9.53 Å². The van der Waals surface area contributed by atoms with E-state index in [0.717, 1.165) is 24.1 Å². The van der Waals surface area contributed by atoms with Crippen LogP contribution in [0.25, 0.3) is 11.1 Å². The molecule has 0 atom stereocenters. The molecule has 2 aromatic heterocycles. The molecule has 2 aromatic rings. The highest BCUT2D eigenvalue weighted by Crippen LogP contribution is 2.40. The largest absolute Gasteiger partial charge is 0.452 e. The first-order valence-corrected chi connectivity index (χ1v) is 8.76. The monoisotopic (exact) mass is 357 g/mol. The zero-order chi connectivity index (χ0) is 18.8. The second-order valence-electron chi connectivity index (χ2n) is 6.76. The van der Waals surface area contributed by atoms with Gasteiger partial charge in [-0.05, 0) is 39.7 Å². The highest BCUT2D eigenvalue weighted by atomic mass is 16.5. The van der Waals surface area contributed by atoms with Gasteiger partial charge in [-0.1, -0.05) is 17.3 Å². The molecule has 7 heteroatoms. The number of rotatable bonds is 7. The summed E-state index contributed by atoms with van der Waals surface area (Å²) in [5.74, 6) is -0.465. The Labute approximate surface area is 152 Å². The van der Waals surface area contributed by atoms with Gasteiger partial charge in [0, 0.05) is 24.7 Å². The fourth-order valence-corrected chi connectivity index (χ4v) is 2.86. The quantitative estimate of drug-likeness (QED) is 0.559. The summed E-state index contributed by atoms with van der Waals surface area (Å²) in [5.41, 5.74) is 2.94. The van der Waals surface area contributed by atoms with E-state index in [4.69, 9.17) is 9.26 Å². The van der Waals surface area contributed by atoms with Gasteiger partial charge in [-0.25, -0.2) is 9.78 Å². The number of ether oxygens (including phenoxy) is 1. The normalized spacial score (nSPS) is 13.7. The van der Waals surface area contributed by atoms with Gasteiger partial charge in [-0.2, -0.15) is 0 Å². The lowest BCUT2D eigenvalue weighted by Gasteiger charge is -2.20. The average Bonchev–Trinajstić information content (AvgIpc) is 3.40. The number of aromatic nitrogens is 2. The van der Waals surface area contributed by atoms with Crippen molar-refractivity contribution in [3.8, 4) is 0 Å². The fourth-order valence-electron chi connectivity index (χ4n) is 2.86. The number of esters is 1. The third-order valence-corrected chi connectivity index (χ3v) is 4.37. The summed E-state index contributed by atoms with van der Waals surface area (Å²) in [6, 6.07) is 1.74. The Balaban J connectivity index is 1.78. The van der Waals surface area contributed by atoms with Crippen LogP contribution >= 0.6 is 0 Å². The van der Waals surface area contributed by atoms with Gasteiger partial charge < -0.3 is 14.2 Å². The van der Waals surface area contributed by atoms with E-state index in [1.807, 2.05) is 13.8 Å². The number of fused-ring (bicyclic) bond motifs is 1. The zero-order valence-corrected chi connectivity index (χ0v) is 15.4. The van der Waals surface area contributed by atoms with Crippen molar-refractivity contribution in [1.82, 2.24) is 15.0 Å². The molecule has 0 aliphatic heterocycles. The first-order valence-electron chi connectivity index (χ1n) is 8.76. The molecule has 3 rings (SSSR count). The molecule has 0 radical (unpaired) electrons. The Hall–Kier alpha value is -2.70. The Bertz CT molecular complexity index is 867. The maximum atomic E-state index is 12.6. The molecule has 0 saturated heterocycles. The maximum absolute atomic E-state index is 12.6. The number of likely N-dealkylation sites (N-methyl/N-ethyl adjacent to an activating group) is 1. The molecule has 26 heavy (non-hydrogen) atoms. The minimum atomic E-state index is -0.565. The van der Waals surface area contributed by atoms with Crippen molar-refractivity contribution in [2.24, 2.45) is 0 Å². The molecular formula is C19H23N3O4. The lowest BCUT2D eigenvalue weighted by atomic mass is 10.1. The number of carbonyl (C=O) groups is 2. The van der Waals surface area contributed by atoms with Crippen LogP contribution in [0.3, 0.4) is 0 Å². The van der Waals surface area contributed by atoms with E-state index in [1.165, 1.54) is 0 Å². The Morgan fingerprint density at radius 2 is 2.15 bits per heavy atom. The molecule has 1 saturated carbocycles. The van der Waals surface area contributed by atoms with Gasteiger partial charge >= 0.3 is 5.97 Å². The number of nitrogens with zero attached hydrogens (tertiary/aromatic N) is 3. The predicted molar refractivity (Wildman–Crippen MR) is 95.9 cm³/mol. The molecule has 1 aliphatic rings. The van der Waals surface area contributed by atoms with Gasteiger partial charge in [0.25, 0.3) is 11.6 Å². The van der Waals surface area contributed by atoms with Crippen LogP contribution in [0.1, 0.15) is 54.4 Å². The van der Waals surface area contributed by atoms with Gasteiger partial charge in [0.1, 0.15) is 0 Å². The van der Waals surface area contributed by atoms with Crippen LogP contribution in [0.2, 0.25) is 0 Å². The number of hydrogen-bond acceptors (Lipinski definition) is 6. The fraction of sp³-hybridized carbons (Fsp3) is 0.474. The number of hydrogen-bond donors (Lipinski definition) is 0. The standard InChI is InChI=1S/C19H23N3O4/c1-5-22(9-11(2)3)16(23)10-25-19(24)14-8-15(13-6-7-13)20-18-17(14)12(4)21-26-18/h8,13H,2,5-7,9-10H2,1,3-4H3. The number of carbonyl (C=O) groups excluding carboxylic acids is 2. The van der Waals surface area contributed by atoms with Gasteiger partial charge in [-0.3, -0.25) is 4.79 Å². The lowest BCUT2D eigenvalue weighted by Crippen LogP contribution is -2.35. The van der Waals surface area contributed by atoms with Crippen LogP contribution in [0.5, 0.6) is 0 Å². The lowest BCUT2D eigenvalue weighted by molar-refractivity contribution is -0.133. The third-order valence-electron chi connectivity index (χ3n) is 4.37. The second kappa shape index (κ2) is 7.27. The molecule has 1 aliphatic carbocycles. The molecule has 7 nitrogen and oxygen atoms in total. The van der Waals surface area contributed by atoms with Crippen molar-refractivity contribution >= 4 is 23.0 Å². The summed E-state index contributed by atoms with van der Waals surface area (Å²) in [7, 11) is 0. The molecule has 0 N–H and O–H groups in total. The molecular weight excluding hydrogens is 334 g/mol. The van der Waals surface area contributed by atoms with E-state index >= 15 is 0 Å². The minimum Gasteiger partial charge on any atom is -0.452 e. The summed E-state index contributed by atoms with van der Waals surface area (Å²) in [4.78, 5) is 31.0. The van der Waals surface area contributed by atoms with Crippen molar-refractivity contribution < 1.29 is 18.8 Å². The van der Waals surface area contributed by atoms with Gasteiger partial charge in [0.15, 0.2) is 6.61 Å².